The zero-order chi connectivity index (χ0) is 23.7. The van der Waals surface area contributed by atoms with E-state index < -0.39 is 12.0 Å². The molecule has 2 aromatic carbocycles. The fraction of sp³-hybridized carbons (Fsp3) is 0.346. The lowest BCUT2D eigenvalue weighted by molar-refractivity contribution is -0.143. The SMILES string of the molecule is CC1=C(C(=O)OC(C)C)[C@@H](c2cccc(NC(=O)[C@H]3C[C@H]3c3ccccc3)c2)NC(=O)N1C. The molecule has 1 fully saturated rings. The van der Waals surface area contributed by atoms with Crippen LogP contribution in [0.5, 0.6) is 0 Å². The molecule has 0 radical (unpaired) electrons. The van der Waals surface area contributed by atoms with E-state index in [0.29, 0.717) is 22.5 Å². The molecule has 1 aliphatic heterocycles. The Bertz CT molecular complexity index is 1110. The predicted octanol–water partition coefficient (Wildman–Crippen LogP) is 4.35. The summed E-state index contributed by atoms with van der Waals surface area (Å²) < 4.78 is 5.44. The third-order valence-corrected chi connectivity index (χ3v) is 6.16. The largest absolute Gasteiger partial charge is 0.459 e. The number of anilines is 1. The molecule has 1 heterocycles. The van der Waals surface area contributed by atoms with Gasteiger partial charge in [0, 0.05) is 24.4 Å². The number of carbonyl (C=O) groups is 3. The molecular weight excluding hydrogens is 418 g/mol. The number of esters is 1. The third-order valence-electron chi connectivity index (χ3n) is 6.16. The van der Waals surface area contributed by atoms with Gasteiger partial charge in [0.05, 0.1) is 17.7 Å². The van der Waals surface area contributed by atoms with Gasteiger partial charge in [0.25, 0.3) is 0 Å². The molecule has 4 rings (SSSR count). The highest BCUT2D eigenvalue weighted by molar-refractivity contribution is 5.96. The van der Waals surface area contributed by atoms with Crippen molar-refractivity contribution in [2.75, 3.05) is 12.4 Å². The first-order chi connectivity index (χ1) is 15.8. The monoisotopic (exact) mass is 447 g/mol. The number of allylic oxidation sites excluding steroid dienone is 1. The average Bonchev–Trinajstić information content (AvgIpc) is 3.58. The van der Waals surface area contributed by atoms with Gasteiger partial charge in [0.15, 0.2) is 0 Å². The fourth-order valence-corrected chi connectivity index (χ4v) is 4.21. The Morgan fingerprint density at radius 2 is 1.79 bits per heavy atom. The standard InChI is InChI=1S/C26H29N3O4/c1-15(2)33-25(31)22-16(3)29(4)26(32)28-23(22)18-11-8-12-19(13-18)27-24(30)21-14-20(21)17-9-6-5-7-10-17/h5-13,15,20-21,23H,14H2,1-4H3,(H,27,30)(H,28,32)/t20-,21-,23+/m0/s1. The number of nitrogens with one attached hydrogen (secondary N) is 2. The molecule has 2 aliphatic rings. The molecule has 7 heteroatoms. The van der Waals surface area contributed by atoms with Crippen molar-refractivity contribution in [3.63, 3.8) is 0 Å². The molecular formula is C26H29N3O4. The van der Waals surface area contributed by atoms with E-state index in [1.54, 1.807) is 46.0 Å². The number of amides is 3. The zero-order valence-electron chi connectivity index (χ0n) is 19.3. The molecule has 1 saturated carbocycles. The minimum atomic E-state index is -0.671. The van der Waals surface area contributed by atoms with Gasteiger partial charge in [-0.1, -0.05) is 42.5 Å². The van der Waals surface area contributed by atoms with Gasteiger partial charge < -0.3 is 20.3 Å². The summed E-state index contributed by atoms with van der Waals surface area (Å²) >= 11 is 0. The van der Waals surface area contributed by atoms with Gasteiger partial charge in [-0.15, -0.1) is 0 Å². The Kier molecular flexibility index (Phi) is 6.22. The summed E-state index contributed by atoms with van der Waals surface area (Å²) in [6.07, 6.45) is 0.538. The summed E-state index contributed by atoms with van der Waals surface area (Å²) in [7, 11) is 1.61. The van der Waals surface area contributed by atoms with E-state index in [1.807, 2.05) is 36.4 Å². The second kappa shape index (κ2) is 9.10. The van der Waals surface area contributed by atoms with Crippen molar-refractivity contribution in [3.05, 3.63) is 77.0 Å². The van der Waals surface area contributed by atoms with Crippen LogP contribution in [0.15, 0.2) is 65.9 Å². The Morgan fingerprint density at radius 1 is 1.09 bits per heavy atom. The molecule has 0 saturated heterocycles. The first-order valence-corrected chi connectivity index (χ1v) is 11.2. The van der Waals surface area contributed by atoms with Crippen LogP contribution in [0.25, 0.3) is 0 Å². The highest BCUT2D eigenvalue weighted by Crippen LogP contribution is 2.48. The number of hydrogen-bond donors (Lipinski definition) is 2. The predicted molar refractivity (Wildman–Crippen MR) is 125 cm³/mol. The van der Waals surface area contributed by atoms with Gasteiger partial charge in [-0.25, -0.2) is 9.59 Å². The van der Waals surface area contributed by atoms with Gasteiger partial charge in [-0.3, -0.25) is 4.79 Å². The lowest BCUT2D eigenvalue weighted by Gasteiger charge is -2.33. The second-order valence-electron chi connectivity index (χ2n) is 8.87. The first kappa shape index (κ1) is 22.6. The van der Waals surface area contributed by atoms with Gasteiger partial charge in [-0.05, 0) is 56.4 Å². The molecule has 172 valence electrons. The maximum atomic E-state index is 12.9. The van der Waals surface area contributed by atoms with E-state index in [0.717, 1.165) is 6.42 Å². The molecule has 0 aromatic heterocycles. The highest BCUT2D eigenvalue weighted by atomic mass is 16.5. The number of benzene rings is 2. The van der Waals surface area contributed by atoms with Crippen LogP contribution in [0.3, 0.4) is 0 Å². The Morgan fingerprint density at radius 3 is 2.48 bits per heavy atom. The van der Waals surface area contributed by atoms with Gasteiger partial charge >= 0.3 is 12.0 Å². The molecule has 0 unspecified atom stereocenters. The second-order valence-corrected chi connectivity index (χ2v) is 8.87. The van der Waals surface area contributed by atoms with E-state index in [9.17, 15) is 14.4 Å². The van der Waals surface area contributed by atoms with Crippen molar-refractivity contribution in [1.82, 2.24) is 10.2 Å². The topological polar surface area (TPSA) is 87.7 Å². The number of carbonyl (C=O) groups excluding carboxylic acids is 3. The van der Waals surface area contributed by atoms with Gasteiger partial charge in [0.2, 0.25) is 5.91 Å². The smallest absolute Gasteiger partial charge is 0.338 e. The lowest BCUT2D eigenvalue weighted by atomic mass is 9.94. The lowest BCUT2D eigenvalue weighted by Crippen LogP contribution is -2.46. The summed E-state index contributed by atoms with van der Waals surface area (Å²) in [4.78, 5) is 39.5. The van der Waals surface area contributed by atoms with Crippen LogP contribution < -0.4 is 10.6 Å². The maximum Gasteiger partial charge on any atom is 0.338 e. The van der Waals surface area contributed by atoms with Crippen molar-refractivity contribution in [3.8, 4) is 0 Å². The summed E-state index contributed by atoms with van der Waals surface area (Å²) in [6, 6.07) is 16.3. The Labute approximate surface area is 193 Å². The Balaban J connectivity index is 1.54. The average molecular weight is 448 g/mol. The van der Waals surface area contributed by atoms with Crippen molar-refractivity contribution >= 4 is 23.6 Å². The molecule has 3 amide bonds. The minimum absolute atomic E-state index is 0.0282. The number of urea groups is 1. The van der Waals surface area contributed by atoms with Crippen molar-refractivity contribution < 1.29 is 19.1 Å². The van der Waals surface area contributed by atoms with E-state index in [1.165, 1.54) is 10.5 Å². The van der Waals surface area contributed by atoms with Crippen LogP contribution in [0.1, 0.15) is 50.3 Å². The molecule has 0 spiro atoms. The first-order valence-electron chi connectivity index (χ1n) is 11.2. The summed E-state index contributed by atoms with van der Waals surface area (Å²) in [5.74, 6) is -0.319. The van der Waals surface area contributed by atoms with Crippen LogP contribution in [0.2, 0.25) is 0 Å². The van der Waals surface area contributed by atoms with E-state index in [2.05, 4.69) is 10.6 Å². The number of ether oxygens (including phenoxy) is 1. The van der Waals surface area contributed by atoms with E-state index in [-0.39, 0.29) is 29.9 Å². The summed E-state index contributed by atoms with van der Waals surface area (Å²) in [5.41, 5.74) is 3.40. The van der Waals surface area contributed by atoms with Crippen LogP contribution in [0.4, 0.5) is 10.5 Å². The zero-order valence-corrected chi connectivity index (χ0v) is 19.3. The van der Waals surface area contributed by atoms with Crippen LogP contribution in [-0.4, -0.2) is 36.0 Å². The number of rotatable bonds is 6. The molecule has 3 atom stereocenters. The van der Waals surface area contributed by atoms with Crippen molar-refractivity contribution in [1.29, 1.82) is 0 Å². The normalized spacial score (nSPS) is 22.2. The van der Waals surface area contributed by atoms with Crippen LogP contribution in [0, 0.1) is 5.92 Å². The molecule has 2 aromatic rings. The number of nitrogens with zero attached hydrogens (tertiary/aromatic N) is 1. The molecule has 33 heavy (non-hydrogen) atoms. The molecule has 2 N–H and O–H groups in total. The minimum Gasteiger partial charge on any atom is -0.459 e. The van der Waals surface area contributed by atoms with Crippen molar-refractivity contribution in [2.45, 2.75) is 45.3 Å². The van der Waals surface area contributed by atoms with E-state index in [4.69, 9.17) is 4.74 Å². The number of hydrogen-bond acceptors (Lipinski definition) is 4. The maximum absolute atomic E-state index is 12.9. The fourth-order valence-electron chi connectivity index (χ4n) is 4.21. The van der Waals surface area contributed by atoms with Crippen molar-refractivity contribution in [2.24, 2.45) is 5.92 Å². The highest BCUT2D eigenvalue weighted by Gasteiger charge is 2.44. The van der Waals surface area contributed by atoms with Gasteiger partial charge in [0.1, 0.15) is 0 Å². The molecule has 0 bridgehead atoms. The van der Waals surface area contributed by atoms with Crippen LogP contribution in [-0.2, 0) is 14.3 Å². The van der Waals surface area contributed by atoms with Gasteiger partial charge in [-0.2, -0.15) is 0 Å². The Hall–Kier alpha value is -3.61. The quantitative estimate of drug-likeness (QED) is 0.645. The summed E-state index contributed by atoms with van der Waals surface area (Å²) in [6.45, 7) is 5.29. The van der Waals surface area contributed by atoms with E-state index >= 15 is 0 Å². The molecule has 1 aliphatic carbocycles. The molecule has 7 nitrogen and oxygen atoms in total. The third kappa shape index (κ3) is 4.77. The summed E-state index contributed by atoms with van der Waals surface area (Å²) in [5, 5.41) is 5.87. The van der Waals surface area contributed by atoms with Crippen LogP contribution >= 0.6 is 0 Å².